The van der Waals surface area contributed by atoms with E-state index in [1.54, 1.807) is 6.07 Å². The van der Waals surface area contributed by atoms with Gasteiger partial charge in [0.05, 0.1) is 11.3 Å². The van der Waals surface area contributed by atoms with Gasteiger partial charge in [-0.2, -0.15) is 5.26 Å². The number of halogens is 2. The van der Waals surface area contributed by atoms with Crippen LogP contribution in [-0.4, -0.2) is 37.1 Å². The van der Waals surface area contributed by atoms with Crippen LogP contribution in [-0.2, 0) is 0 Å². The SMILES string of the molecule is CC(C)N1CCN(c2ccc(C#N)c(F)c2F)CC1. The second kappa shape index (κ2) is 5.54. The number of nitriles is 1. The molecule has 1 aliphatic rings. The summed E-state index contributed by atoms with van der Waals surface area (Å²) in [5.41, 5.74) is 0.00183. The van der Waals surface area contributed by atoms with E-state index >= 15 is 0 Å². The van der Waals surface area contributed by atoms with E-state index in [1.165, 1.54) is 12.1 Å². The topological polar surface area (TPSA) is 30.3 Å². The zero-order valence-corrected chi connectivity index (χ0v) is 11.2. The molecule has 1 aromatic carbocycles. The van der Waals surface area contributed by atoms with E-state index in [0.717, 1.165) is 13.1 Å². The second-order valence-corrected chi connectivity index (χ2v) is 4.99. The Kier molecular flexibility index (Phi) is 4.01. The third-order valence-electron chi connectivity index (χ3n) is 3.57. The van der Waals surface area contributed by atoms with Gasteiger partial charge in [-0.25, -0.2) is 8.78 Å². The van der Waals surface area contributed by atoms with Crippen molar-refractivity contribution in [1.82, 2.24) is 4.90 Å². The molecule has 0 saturated carbocycles. The Morgan fingerprint density at radius 2 is 1.74 bits per heavy atom. The molecule has 2 rings (SSSR count). The molecule has 1 aliphatic heterocycles. The molecule has 0 unspecified atom stereocenters. The van der Waals surface area contributed by atoms with E-state index in [2.05, 4.69) is 18.7 Å². The summed E-state index contributed by atoms with van der Waals surface area (Å²) in [7, 11) is 0. The number of hydrogen-bond donors (Lipinski definition) is 0. The van der Waals surface area contributed by atoms with Gasteiger partial charge in [-0.15, -0.1) is 0 Å². The Labute approximate surface area is 112 Å². The molecule has 0 amide bonds. The summed E-state index contributed by atoms with van der Waals surface area (Å²) in [6.45, 7) is 7.24. The minimum atomic E-state index is -1.05. The molecule has 0 aromatic heterocycles. The third kappa shape index (κ3) is 2.69. The Morgan fingerprint density at radius 3 is 2.26 bits per heavy atom. The van der Waals surface area contributed by atoms with Crippen LogP contribution < -0.4 is 4.90 Å². The smallest absolute Gasteiger partial charge is 0.183 e. The molecule has 0 bridgehead atoms. The van der Waals surface area contributed by atoms with Crippen LogP contribution in [0.15, 0.2) is 12.1 Å². The minimum Gasteiger partial charge on any atom is -0.367 e. The molecule has 5 heteroatoms. The normalized spacial score (nSPS) is 16.7. The highest BCUT2D eigenvalue weighted by molar-refractivity contribution is 5.52. The van der Waals surface area contributed by atoms with E-state index in [4.69, 9.17) is 5.26 Å². The Balaban J connectivity index is 2.17. The molecule has 0 radical (unpaired) electrons. The number of nitrogens with zero attached hydrogens (tertiary/aromatic N) is 3. The largest absolute Gasteiger partial charge is 0.367 e. The molecule has 0 spiro atoms. The minimum absolute atomic E-state index is 0.248. The van der Waals surface area contributed by atoms with Gasteiger partial charge in [0.15, 0.2) is 11.6 Å². The Bertz CT molecular complexity index is 500. The van der Waals surface area contributed by atoms with Crippen molar-refractivity contribution in [2.24, 2.45) is 0 Å². The van der Waals surface area contributed by atoms with Gasteiger partial charge in [0.2, 0.25) is 0 Å². The highest BCUT2D eigenvalue weighted by Crippen LogP contribution is 2.25. The number of hydrogen-bond acceptors (Lipinski definition) is 3. The van der Waals surface area contributed by atoms with Crippen LogP contribution in [0.1, 0.15) is 19.4 Å². The first kappa shape index (κ1) is 13.8. The summed E-state index contributed by atoms with van der Waals surface area (Å²) in [5.74, 6) is -1.97. The lowest BCUT2D eigenvalue weighted by molar-refractivity contribution is 0.209. The zero-order valence-electron chi connectivity index (χ0n) is 11.2. The van der Waals surface area contributed by atoms with Gasteiger partial charge >= 0.3 is 0 Å². The number of benzene rings is 1. The van der Waals surface area contributed by atoms with E-state index < -0.39 is 11.6 Å². The van der Waals surface area contributed by atoms with E-state index in [-0.39, 0.29) is 11.3 Å². The van der Waals surface area contributed by atoms with Gasteiger partial charge in [-0.05, 0) is 26.0 Å². The molecule has 1 aromatic rings. The van der Waals surface area contributed by atoms with Crippen LogP contribution in [0, 0.1) is 23.0 Å². The van der Waals surface area contributed by atoms with Gasteiger partial charge in [-0.3, -0.25) is 4.90 Å². The lowest BCUT2D eigenvalue weighted by atomic mass is 10.1. The third-order valence-corrected chi connectivity index (χ3v) is 3.57. The van der Waals surface area contributed by atoms with Gasteiger partial charge in [0, 0.05) is 32.2 Å². The highest BCUT2D eigenvalue weighted by Gasteiger charge is 2.23. The summed E-state index contributed by atoms with van der Waals surface area (Å²) in [6, 6.07) is 4.93. The lowest BCUT2D eigenvalue weighted by Crippen LogP contribution is -2.49. The maximum Gasteiger partial charge on any atom is 0.183 e. The molecule has 102 valence electrons. The van der Waals surface area contributed by atoms with Crippen molar-refractivity contribution >= 4 is 5.69 Å². The van der Waals surface area contributed by atoms with Crippen LogP contribution in [0.5, 0.6) is 0 Å². The molecule has 3 nitrogen and oxygen atoms in total. The second-order valence-electron chi connectivity index (χ2n) is 4.99. The van der Waals surface area contributed by atoms with Crippen molar-refractivity contribution in [2.45, 2.75) is 19.9 Å². The summed E-state index contributed by atoms with van der Waals surface area (Å²) in [5, 5.41) is 8.66. The summed E-state index contributed by atoms with van der Waals surface area (Å²) < 4.78 is 27.5. The van der Waals surface area contributed by atoms with Crippen LogP contribution in [0.25, 0.3) is 0 Å². The van der Waals surface area contributed by atoms with Crippen LogP contribution in [0.3, 0.4) is 0 Å². The summed E-state index contributed by atoms with van der Waals surface area (Å²) in [6.07, 6.45) is 0. The van der Waals surface area contributed by atoms with Gasteiger partial charge < -0.3 is 4.90 Å². The Hall–Kier alpha value is -1.67. The summed E-state index contributed by atoms with van der Waals surface area (Å²) >= 11 is 0. The van der Waals surface area contributed by atoms with E-state index in [9.17, 15) is 8.78 Å². The first-order chi connectivity index (χ1) is 9.04. The molecule has 1 saturated heterocycles. The molecule has 0 aliphatic carbocycles. The molecule has 1 heterocycles. The number of anilines is 1. The monoisotopic (exact) mass is 265 g/mol. The number of rotatable bonds is 2. The van der Waals surface area contributed by atoms with Gasteiger partial charge in [-0.1, -0.05) is 0 Å². The molecule has 1 fully saturated rings. The average Bonchev–Trinajstić information content (AvgIpc) is 2.42. The standard InChI is InChI=1S/C14H17F2N3/c1-10(2)18-5-7-19(8-6-18)12-4-3-11(9-17)13(15)14(12)16/h3-4,10H,5-8H2,1-2H3. The van der Waals surface area contributed by atoms with Crippen molar-refractivity contribution in [2.75, 3.05) is 31.1 Å². The van der Waals surface area contributed by atoms with Gasteiger partial charge in [0.1, 0.15) is 6.07 Å². The van der Waals surface area contributed by atoms with Crippen molar-refractivity contribution in [3.8, 4) is 6.07 Å². The molecule has 19 heavy (non-hydrogen) atoms. The zero-order chi connectivity index (χ0) is 14.0. The predicted octanol–water partition coefficient (Wildman–Crippen LogP) is 2.37. The molecular weight excluding hydrogens is 248 g/mol. The Morgan fingerprint density at radius 1 is 1.11 bits per heavy atom. The fourth-order valence-corrected chi connectivity index (χ4v) is 2.35. The fourth-order valence-electron chi connectivity index (χ4n) is 2.35. The quantitative estimate of drug-likeness (QED) is 0.822. The predicted molar refractivity (Wildman–Crippen MR) is 70.0 cm³/mol. The molecular formula is C14H17F2N3. The first-order valence-electron chi connectivity index (χ1n) is 6.41. The van der Waals surface area contributed by atoms with Crippen molar-refractivity contribution < 1.29 is 8.78 Å². The van der Waals surface area contributed by atoms with Crippen molar-refractivity contribution in [3.63, 3.8) is 0 Å². The van der Waals surface area contributed by atoms with E-state index in [1.807, 2.05) is 4.90 Å². The molecule has 0 N–H and O–H groups in total. The number of piperazine rings is 1. The van der Waals surface area contributed by atoms with Gasteiger partial charge in [0.25, 0.3) is 0 Å². The van der Waals surface area contributed by atoms with Crippen molar-refractivity contribution in [1.29, 1.82) is 5.26 Å². The summed E-state index contributed by atoms with van der Waals surface area (Å²) in [4.78, 5) is 4.13. The fraction of sp³-hybridized carbons (Fsp3) is 0.500. The average molecular weight is 265 g/mol. The molecule has 0 atom stereocenters. The van der Waals surface area contributed by atoms with Crippen LogP contribution >= 0.6 is 0 Å². The lowest BCUT2D eigenvalue weighted by Gasteiger charge is -2.38. The van der Waals surface area contributed by atoms with Crippen LogP contribution in [0.2, 0.25) is 0 Å². The maximum atomic E-state index is 13.9. The maximum absolute atomic E-state index is 13.9. The highest BCUT2D eigenvalue weighted by atomic mass is 19.2. The van der Waals surface area contributed by atoms with E-state index in [0.29, 0.717) is 19.1 Å². The first-order valence-corrected chi connectivity index (χ1v) is 6.41. The van der Waals surface area contributed by atoms with Crippen molar-refractivity contribution in [3.05, 3.63) is 29.3 Å². The van der Waals surface area contributed by atoms with Crippen LogP contribution in [0.4, 0.5) is 14.5 Å².